The van der Waals surface area contributed by atoms with E-state index in [-0.39, 0.29) is 6.29 Å². The van der Waals surface area contributed by atoms with Crippen LogP contribution in [-0.2, 0) is 14.2 Å². The van der Waals surface area contributed by atoms with Crippen molar-refractivity contribution in [3.05, 3.63) is 12.2 Å². The number of rotatable bonds is 21. The topological polar surface area (TPSA) is 27.7 Å². The molecule has 0 bridgehead atoms. The summed E-state index contributed by atoms with van der Waals surface area (Å²) in [6.45, 7) is 15.2. The summed E-state index contributed by atoms with van der Waals surface area (Å²) < 4.78 is 22.9. The number of methoxy groups -OCH3 is 2. The van der Waals surface area contributed by atoms with Gasteiger partial charge in [-0.2, -0.15) is 0 Å². The van der Waals surface area contributed by atoms with Gasteiger partial charge in [0.25, 0.3) is 0 Å². The van der Waals surface area contributed by atoms with Crippen LogP contribution >= 0.6 is 0 Å². The van der Waals surface area contributed by atoms with Gasteiger partial charge >= 0.3 is 202 Å². The summed E-state index contributed by atoms with van der Waals surface area (Å²) in [4.78, 5) is 0. The number of hydrogen-bond acceptors (Lipinski definition) is 3. The summed E-state index contributed by atoms with van der Waals surface area (Å²) in [5.74, 6) is 0. The van der Waals surface area contributed by atoms with Gasteiger partial charge in [-0.25, -0.2) is 0 Å². The van der Waals surface area contributed by atoms with Gasteiger partial charge in [0.15, 0.2) is 0 Å². The van der Waals surface area contributed by atoms with Gasteiger partial charge in [0.2, 0.25) is 0 Å². The van der Waals surface area contributed by atoms with Crippen molar-refractivity contribution in [2.75, 3.05) is 20.8 Å². The molecule has 31 heavy (non-hydrogen) atoms. The number of unbranched alkanes of at least 4 members (excludes halogenated alkanes) is 3. The maximum absolute atomic E-state index is 6.81. The van der Waals surface area contributed by atoms with Gasteiger partial charge in [-0.3, -0.25) is 0 Å². The first kappa shape index (κ1) is 31.6. The van der Waals surface area contributed by atoms with Gasteiger partial charge in [-0.15, -0.1) is 0 Å². The number of ether oxygens (including phenoxy) is 3. The Hall–Kier alpha value is 0.636. The Balaban J connectivity index is 5.38. The number of allylic oxidation sites excluding steroid dienone is 1. The predicted molar refractivity (Wildman–Crippen MR) is 144 cm³/mol. The second-order valence-electron chi connectivity index (χ2n) is 10.5. The molecule has 0 rings (SSSR count). The van der Waals surface area contributed by atoms with Gasteiger partial charge in [0, 0.05) is 0 Å². The molecule has 0 aromatic rings. The fourth-order valence-electron chi connectivity index (χ4n) is 4.46. The second kappa shape index (κ2) is 19.0. The van der Waals surface area contributed by atoms with Crippen LogP contribution in [-0.4, -0.2) is 57.7 Å². The minimum absolute atomic E-state index is 0.102. The van der Waals surface area contributed by atoms with Crippen LogP contribution in [0.3, 0.4) is 0 Å². The van der Waals surface area contributed by atoms with Crippen molar-refractivity contribution in [3.63, 3.8) is 0 Å². The van der Waals surface area contributed by atoms with Crippen molar-refractivity contribution in [1.82, 2.24) is 0 Å². The first-order valence-electron chi connectivity index (χ1n) is 13.1. The zero-order chi connectivity index (χ0) is 23.6. The zero-order valence-electron chi connectivity index (χ0n) is 22.4. The van der Waals surface area contributed by atoms with E-state index in [1.807, 2.05) is 0 Å². The summed E-state index contributed by atoms with van der Waals surface area (Å²) in [7, 11) is 2.53. The van der Waals surface area contributed by atoms with Crippen molar-refractivity contribution < 1.29 is 14.2 Å². The molecule has 186 valence electrons. The molecule has 0 fully saturated rings. The van der Waals surface area contributed by atoms with Crippen LogP contribution in [0.2, 0.25) is 39.0 Å². The Morgan fingerprint density at radius 1 is 0.774 bits per heavy atom. The molecule has 0 aliphatic carbocycles. The molecule has 1 unspecified atom stereocenters. The molecule has 0 saturated heterocycles. The van der Waals surface area contributed by atoms with Crippen molar-refractivity contribution in [2.24, 2.45) is 0 Å². The fraction of sp³-hybridized carbons (Fsp3) is 0.923. The van der Waals surface area contributed by atoms with Crippen molar-refractivity contribution in [1.29, 1.82) is 0 Å². The molecule has 0 spiro atoms. The minimum atomic E-state index is -2.46. The van der Waals surface area contributed by atoms with E-state index in [0.29, 0.717) is 4.12 Å². The van der Waals surface area contributed by atoms with Gasteiger partial charge in [-0.1, -0.05) is 0 Å². The molecule has 0 aromatic heterocycles. The standard InChI is InChI=1S/C14H29O3Si.3C4H9.Sn/c1-15-14(16-2)10-9-12-17-11-7-6-8-13-18(3,4)5;3*1-3-4-2;/h6,8,12,14H,7,9-11,13H2,1-5H3;3*1,3-4H2,2H3;/b8-6+;;;;. The van der Waals surface area contributed by atoms with E-state index < -0.39 is 26.5 Å². The first-order valence-corrected chi connectivity index (χ1v) is 24.5. The molecule has 0 aliphatic heterocycles. The molecule has 3 nitrogen and oxygen atoms in total. The third-order valence-corrected chi connectivity index (χ3v) is 24.7. The van der Waals surface area contributed by atoms with Gasteiger partial charge in [-0.05, 0) is 0 Å². The average Bonchev–Trinajstić information content (AvgIpc) is 2.74. The Morgan fingerprint density at radius 2 is 1.29 bits per heavy atom. The molecule has 0 radical (unpaired) electrons. The molecule has 1 atom stereocenters. The molecule has 0 amide bonds. The summed E-state index contributed by atoms with van der Waals surface area (Å²) in [5.41, 5.74) is 0. The molecular formula is C26H56O3SiSn. The van der Waals surface area contributed by atoms with Crippen LogP contribution in [0.1, 0.15) is 78.6 Å². The molecule has 0 saturated carbocycles. The number of hydrogen-bond donors (Lipinski definition) is 0. The van der Waals surface area contributed by atoms with Gasteiger partial charge in [0.1, 0.15) is 0 Å². The normalized spacial score (nSPS) is 14.1. The third-order valence-electron chi connectivity index (χ3n) is 6.46. The Labute approximate surface area is 201 Å². The van der Waals surface area contributed by atoms with Gasteiger partial charge in [0.05, 0.1) is 0 Å². The van der Waals surface area contributed by atoms with Crippen LogP contribution in [0.15, 0.2) is 12.2 Å². The Kier molecular flexibility index (Phi) is 19.4. The SMILES string of the molecule is CCC[CH2][Sn]([CH2]CCC)([CH2]CCC)[CH](CCC(OC)OC)OCC/C=C/C[Si](C)(C)C. The zero-order valence-corrected chi connectivity index (χ0v) is 26.3. The van der Waals surface area contributed by atoms with E-state index in [2.05, 4.69) is 52.6 Å². The van der Waals surface area contributed by atoms with Crippen molar-refractivity contribution in [3.8, 4) is 0 Å². The molecule has 0 aliphatic rings. The molecule has 0 heterocycles. The van der Waals surface area contributed by atoms with E-state index in [9.17, 15) is 0 Å². The predicted octanol–water partition coefficient (Wildman–Crippen LogP) is 8.44. The fourth-order valence-corrected chi connectivity index (χ4v) is 22.9. The van der Waals surface area contributed by atoms with E-state index in [1.54, 1.807) is 14.2 Å². The first-order chi connectivity index (χ1) is 14.8. The average molecular weight is 564 g/mol. The summed E-state index contributed by atoms with van der Waals surface area (Å²) in [6, 6.07) is 1.27. The van der Waals surface area contributed by atoms with E-state index in [4.69, 9.17) is 14.2 Å². The van der Waals surface area contributed by atoms with Crippen molar-refractivity contribution >= 4 is 26.5 Å². The van der Waals surface area contributed by atoms with Crippen LogP contribution in [0.5, 0.6) is 0 Å². The van der Waals surface area contributed by atoms with E-state index >= 15 is 0 Å². The van der Waals surface area contributed by atoms with Crippen LogP contribution in [0.25, 0.3) is 0 Å². The van der Waals surface area contributed by atoms with Crippen LogP contribution in [0, 0.1) is 0 Å². The summed E-state index contributed by atoms with van der Waals surface area (Å²) in [5, 5.41) is 0. The van der Waals surface area contributed by atoms with E-state index in [0.717, 1.165) is 25.9 Å². The Bertz CT molecular complexity index is 411. The van der Waals surface area contributed by atoms with E-state index in [1.165, 1.54) is 57.9 Å². The second-order valence-corrected chi connectivity index (χ2v) is 30.0. The summed E-state index contributed by atoms with van der Waals surface area (Å²) in [6.07, 6.45) is 15.9. The third kappa shape index (κ3) is 15.2. The molecule has 0 N–H and O–H groups in total. The molecule has 5 heteroatoms. The van der Waals surface area contributed by atoms with Crippen LogP contribution in [0.4, 0.5) is 0 Å². The maximum atomic E-state index is 6.81. The monoisotopic (exact) mass is 564 g/mol. The van der Waals surface area contributed by atoms with Gasteiger partial charge < -0.3 is 0 Å². The van der Waals surface area contributed by atoms with Crippen molar-refractivity contribution in [2.45, 2.75) is 128 Å². The van der Waals surface area contributed by atoms with Crippen LogP contribution < -0.4 is 0 Å². The quantitative estimate of drug-likeness (QED) is 0.0607. The summed E-state index contributed by atoms with van der Waals surface area (Å²) >= 11 is -2.46. The molecule has 0 aromatic carbocycles. The Morgan fingerprint density at radius 3 is 1.71 bits per heavy atom. The molecular weight excluding hydrogens is 507 g/mol.